The molecular weight excluding hydrogens is 337 g/mol. The summed E-state index contributed by atoms with van der Waals surface area (Å²) >= 11 is 3.35. The quantitative estimate of drug-likeness (QED) is 0.891. The second kappa shape index (κ2) is 6.72. The maximum atomic E-state index is 13.4. The summed E-state index contributed by atoms with van der Waals surface area (Å²) in [5, 5.41) is 2.63. The van der Waals surface area contributed by atoms with Gasteiger partial charge in [-0.3, -0.25) is 4.79 Å². The zero-order valence-corrected chi connectivity index (χ0v) is 13.3. The Balaban J connectivity index is 2.02. The van der Waals surface area contributed by atoms with Crippen molar-refractivity contribution in [3.63, 3.8) is 0 Å². The number of carbonyl (C=O) groups excluding carboxylic acids is 1. The monoisotopic (exact) mass is 351 g/mol. The second-order valence-corrected chi connectivity index (χ2v) is 5.50. The van der Waals surface area contributed by atoms with Crippen molar-refractivity contribution in [2.24, 2.45) is 0 Å². The lowest BCUT2D eigenvalue weighted by atomic mass is 10.2. The molecule has 110 valence electrons. The highest BCUT2D eigenvalue weighted by molar-refractivity contribution is 9.10. The number of anilines is 1. The third kappa shape index (κ3) is 4.04. The number of hydrogen-bond donors (Lipinski definition) is 1. The van der Waals surface area contributed by atoms with Crippen LogP contribution in [-0.2, 0) is 4.79 Å². The van der Waals surface area contributed by atoms with Crippen LogP contribution in [0.25, 0.3) is 0 Å². The maximum Gasteiger partial charge on any atom is 0.265 e. The summed E-state index contributed by atoms with van der Waals surface area (Å²) in [5.41, 5.74) is 0.941. The standard InChI is InChI=1S/C16H15BrFNO2/c1-10-7-8-12(9-14(10)18)19-16(20)11(2)21-15-6-4-3-5-13(15)17/h3-9,11H,1-2H3,(H,19,20). The van der Waals surface area contributed by atoms with Gasteiger partial charge in [-0.15, -0.1) is 0 Å². The number of hydrogen-bond acceptors (Lipinski definition) is 2. The molecule has 0 aliphatic heterocycles. The molecule has 3 nitrogen and oxygen atoms in total. The molecule has 2 aromatic rings. The van der Waals surface area contributed by atoms with Crippen LogP contribution >= 0.6 is 15.9 Å². The van der Waals surface area contributed by atoms with Gasteiger partial charge in [0.05, 0.1) is 4.47 Å². The molecule has 0 saturated heterocycles. The second-order valence-electron chi connectivity index (χ2n) is 4.64. The number of amides is 1. The van der Waals surface area contributed by atoms with Crippen LogP contribution in [0.4, 0.5) is 10.1 Å². The topological polar surface area (TPSA) is 38.3 Å². The van der Waals surface area contributed by atoms with E-state index in [1.54, 1.807) is 32.0 Å². The van der Waals surface area contributed by atoms with Gasteiger partial charge in [-0.05, 0) is 59.6 Å². The number of ether oxygens (including phenoxy) is 1. The van der Waals surface area contributed by atoms with E-state index in [9.17, 15) is 9.18 Å². The van der Waals surface area contributed by atoms with Gasteiger partial charge >= 0.3 is 0 Å². The van der Waals surface area contributed by atoms with E-state index in [-0.39, 0.29) is 11.7 Å². The molecule has 21 heavy (non-hydrogen) atoms. The van der Waals surface area contributed by atoms with Gasteiger partial charge in [-0.25, -0.2) is 4.39 Å². The van der Waals surface area contributed by atoms with Crippen molar-refractivity contribution in [2.75, 3.05) is 5.32 Å². The fraction of sp³-hybridized carbons (Fsp3) is 0.188. The number of nitrogens with one attached hydrogen (secondary N) is 1. The van der Waals surface area contributed by atoms with Gasteiger partial charge in [0.15, 0.2) is 6.10 Å². The molecular formula is C16H15BrFNO2. The first-order valence-electron chi connectivity index (χ1n) is 6.45. The Bertz CT molecular complexity index is 660. The lowest BCUT2D eigenvalue weighted by Crippen LogP contribution is -2.30. The minimum Gasteiger partial charge on any atom is -0.480 e. The van der Waals surface area contributed by atoms with Gasteiger partial charge in [-0.2, -0.15) is 0 Å². The van der Waals surface area contributed by atoms with Crippen molar-refractivity contribution in [3.05, 3.63) is 58.3 Å². The molecule has 0 saturated carbocycles. The molecule has 0 heterocycles. The van der Waals surface area contributed by atoms with Crippen LogP contribution in [-0.4, -0.2) is 12.0 Å². The molecule has 1 unspecified atom stereocenters. The highest BCUT2D eigenvalue weighted by atomic mass is 79.9. The van der Waals surface area contributed by atoms with Crippen LogP contribution < -0.4 is 10.1 Å². The Labute approximate surface area is 131 Å². The highest BCUT2D eigenvalue weighted by Crippen LogP contribution is 2.25. The highest BCUT2D eigenvalue weighted by Gasteiger charge is 2.16. The predicted octanol–water partition coefficient (Wildman–Crippen LogP) is 4.30. The van der Waals surface area contributed by atoms with E-state index in [1.165, 1.54) is 6.07 Å². The lowest BCUT2D eigenvalue weighted by Gasteiger charge is -2.15. The van der Waals surface area contributed by atoms with E-state index in [1.807, 2.05) is 18.2 Å². The first-order valence-corrected chi connectivity index (χ1v) is 7.25. The van der Waals surface area contributed by atoms with Crippen LogP contribution in [0.5, 0.6) is 5.75 Å². The Morgan fingerprint density at radius 3 is 2.67 bits per heavy atom. The molecule has 0 bridgehead atoms. The molecule has 0 aliphatic carbocycles. The van der Waals surface area contributed by atoms with E-state index >= 15 is 0 Å². The van der Waals surface area contributed by atoms with Crippen molar-refractivity contribution in [3.8, 4) is 5.75 Å². The molecule has 0 radical (unpaired) electrons. The van der Waals surface area contributed by atoms with Crippen molar-refractivity contribution >= 4 is 27.5 Å². The summed E-state index contributed by atoms with van der Waals surface area (Å²) in [6, 6.07) is 11.8. The fourth-order valence-electron chi connectivity index (χ4n) is 1.70. The molecule has 0 aliphatic rings. The fourth-order valence-corrected chi connectivity index (χ4v) is 2.08. The number of para-hydroxylation sites is 1. The van der Waals surface area contributed by atoms with E-state index < -0.39 is 6.10 Å². The third-order valence-corrected chi connectivity index (χ3v) is 3.60. The summed E-state index contributed by atoms with van der Waals surface area (Å²) in [6.07, 6.45) is -0.701. The normalized spacial score (nSPS) is 11.8. The molecule has 5 heteroatoms. The molecule has 0 aromatic heterocycles. The van der Waals surface area contributed by atoms with Crippen LogP contribution in [0.2, 0.25) is 0 Å². The zero-order chi connectivity index (χ0) is 15.4. The van der Waals surface area contributed by atoms with Crippen molar-refractivity contribution in [2.45, 2.75) is 20.0 Å². The summed E-state index contributed by atoms with van der Waals surface area (Å²) in [6.45, 7) is 3.30. The summed E-state index contributed by atoms with van der Waals surface area (Å²) in [7, 11) is 0. The minimum absolute atomic E-state index is 0.339. The average molecular weight is 352 g/mol. The van der Waals surface area contributed by atoms with E-state index in [4.69, 9.17) is 4.74 Å². The van der Waals surface area contributed by atoms with Gasteiger partial charge in [0.1, 0.15) is 11.6 Å². The molecule has 2 aromatic carbocycles. The van der Waals surface area contributed by atoms with Crippen molar-refractivity contribution in [1.82, 2.24) is 0 Å². The Kier molecular flexibility index (Phi) is 4.96. The van der Waals surface area contributed by atoms with Gasteiger partial charge in [0.2, 0.25) is 0 Å². The van der Waals surface area contributed by atoms with E-state index in [0.29, 0.717) is 17.0 Å². The average Bonchev–Trinajstić information content (AvgIpc) is 2.45. The van der Waals surface area contributed by atoms with Crippen LogP contribution in [0.3, 0.4) is 0 Å². The largest absolute Gasteiger partial charge is 0.480 e. The molecule has 2 rings (SSSR count). The number of carbonyl (C=O) groups is 1. The van der Waals surface area contributed by atoms with E-state index in [2.05, 4.69) is 21.2 Å². The SMILES string of the molecule is Cc1ccc(NC(=O)C(C)Oc2ccccc2Br)cc1F. The van der Waals surface area contributed by atoms with Gasteiger partial charge in [-0.1, -0.05) is 18.2 Å². The molecule has 0 fully saturated rings. The predicted molar refractivity (Wildman–Crippen MR) is 84.0 cm³/mol. The number of rotatable bonds is 4. The lowest BCUT2D eigenvalue weighted by molar-refractivity contribution is -0.122. The first kappa shape index (κ1) is 15.5. The van der Waals surface area contributed by atoms with Crippen LogP contribution in [0.1, 0.15) is 12.5 Å². The minimum atomic E-state index is -0.701. The van der Waals surface area contributed by atoms with Crippen molar-refractivity contribution < 1.29 is 13.9 Å². The molecule has 1 atom stereocenters. The molecule has 1 N–H and O–H groups in total. The number of aryl methyl sites for hydroxylation is 1. The van der Waals surface area contributed by atoms with Crippen molar-refractivity contribution in [1.29, 1.82) is 0 Å². The van der Waals surface area contributed by atoms with E-state index in [0.717, 1.165) is 4.47 Å². The number of benzene rings is 2. The Morgan fingerprint density at radius 2 is 2.00 bits per heavy atom. The van der Waals surface area contributed by atoms with Crippen LogP contribution in [0.15, 0.2) is 46.9 Å². The zero-order valence-electron chi connectivity index (χ0n) is 11.7. The Morgan fingerprint density at radius 1 is 1.29 bits per heavy atom. The Hall–Kier alpha value is -1.88. The smallest absolute Gasteiger partial charge is 0.265 e. The van der Waals surface area contributed by atoms with Gasteiger partial charge in [0, 0.05) is 5.69 Å². The summed E-state index contributed by atoms with van der Waals surface area (Å²) in [5.74, 6) is -0.114. The maximum absolute atomic E-state index is 13.4. The van der Waals surface area contributed by atoms with Gasteiger partial charge in [0.25, 0.3) is 5.91 Å². The first-order chi connectivity index (χ1) is 9.97. The van der Waals surface area contributed by atoms with Crippen LogP contribution in [0, 0.1) is 12.7 Å². The third-order valence-electron chi connectivity index (χ3n) is 2.95. The summed E-state index contributed by atoms with van der Waals surface area (Å²) < 4.78 is 19.8. The van der Waals surface area contributed by atoms with Gasteiger partial charge < -0.3 is 10.1 Å². The number of halogens is 2. The molecule has 0 spiro atoms. The summed E-state index contributed by atoms with van der Waals surface area (Å²) in [4.78, 5) is 12.1. The molecule has 1 amide bonds.